The van der Waals surface area contributed by atoms with E-state index in [-0.39, 0.29) is 81.0 Å². The van der Waals surface area contributed by atoms with Gasteiger partial charge in [-0.25, -0.2) is 10.0 Å². The predicted octanol–water partition coefficient (Wildman–Crippen LogP) is 4.16. The van der Waals surface area contributed by atoms with Gasteiger partial charge in [0, 0.05) is 31.9 Å². The number of hydrazine groups is 1. The summed E-state index contributed by atoms with van der Waals surface area (Å²) in [5, 5.41) is 6.19. The van der Waals surface area contributed by atoms with Crippen molar-refractivity contribution in [3.8, 4) is 0 Å². The van der Waals surface area contributed by atoms with E-state index in [1.165, 1.54) is 0 Å². The zero-order valence-electron chi connectivity index (χ0n) is 27.0. The molecule has 50 heavy (non-hydrogen) atoms. The molecule has 2 fully saturated rings. The van der Waals surface area contributed by atoms with Crippen LogP contribution in [0.3, 0.4) is 0 Å². The number of amidine groups is 1. The lowest BCUT2D eigenvalue weighted by Gasteiger charge is -2.45. The summed E-state index contributed by atoms with van der Waals surface area (Å²) in [7, 11) is 0. The molecule has 4 aliphatic rings. The Bertz CT molecular complexity index is 1570. The van der Waals surface area contributed by atoms with Crippen molar-refractivity contribution in [1.82, 2.24) is 25.6 Å². The van der Waals surface area contributed by atoms with E-state index in [1.54, 1.807) is 17.9 Å². The molecule has 0 atom stereocenters. The third kappa shape index (κ3) is 7.66. The van der Waals surface area contributed by atoms with Crippen LogP contribution >= 0.6 is 11.6 Å². The van der Waals surface area contributed by atoms with Crippen molar-refractivity contribution in [3.05, 3.63) is 51.8 Å². The maximum atomic E-state index is 15.1. The molecule has 0 aromatic heterocycles. The fourth-order valence-corrected chi connectivity index (χ4v) is 6.23. The molecule has 12 nitrogen and oxygen atoms in total. The quantitative estimate of drug-likeness (QED) is 0.323. The fourth-order valence-electron chi connectivity index (χ4n) is 6.00. The number of hydrogen-bond acceptors (Lipinski definition) is 9. The zero-order chi connectivity index (χ0) is 36.3. The van der Waals surface area contributed by atoms with Crippen LogP contribution in [0.15, 0.2) is 46.2 Å². The highest BCUT2D eigenvalue weighted by atomic mass is 35.5. The number of amides is 3. The summed E-state index contributed by atoms with van der Waals surface area (Å²) in [5.41, 5.74) is 0.510. The summed E-state index contributed by atoms with van der Waals surface area (Å²) in [4.78, 5) is 51.3. The second kappa shape index (κ2) is 15.1. The number of nitrogens with zero attached hydrogens (tertiary/aromatic N) is 4. The van der Waals surface area contributed by atoms with Crippen molar-refractivity contribution in [1.29, 1.82) is 0 Å². The molecule has 19 heteroatoms. The van der Waals surface area contributed by atoms with Gasteiger partial charge < -0.3 is 25.2 Å². The number of benzene rings is 1. The van der Waals surface area contributed by atoms with Gasteiger partial charge in [0.15, 0.2) is 5.60 Å². The number of allylic oxidation sites excluding steroid dienone is 1. The molecule has 5 rings (SSSR count). The smallest absolute Gasteiger partial charge is 0.377 e. The molecule has 1 aliphatic carbocycles. The highest BCUT2D eigenvalue weighted by molar-refractivity contribution is 6.33. The number of aliphatic imine (C=N–C) groups is 1. The third-order valence-electron chi connectivity index (χ3n) is 9.03. The van der Waals surface area contributed by atoms with Gasteiger partial charge in [0.1, 0.15) is 24.7 Å². The number of anilines is 1. The largest absolute Gasteiger partial charge is 0.416 e. The van der Waals surface area contributed by atoms with Gasteiger partial charge in [0.2, 0.25) is 5.91 Å². The molecule has 0 bridgehead atoms. The first-order chi connectivity index (χ1) is 23.7. The second-order valence-electron chi connectivity index (χ2n) is 12.1. The zero-order valence-corrected chi connectivity index (χ0v) is 27.7. The van der Waals surface area contributed by atoms with Gasteiger partial charge in [-0.1, -0.05) is 24.6 Å². The first kappa shape index (κ1) is 37.2. The Kier molecular flexibility index (Phi) is 11.2. The summed E-state index contributed by atoms with van der Waals surface area (Å²) in [6.07, 6.45) is -2.47. The highest BCUT2D eigenvalue weighted by Crippen LogP contribution is 2.48. The van der Waals surface area contributed by atoms with E-state index in [4.69, 9.17) is 16.3 Å². The normalized spacial score (nSPS) is 22.9. The number of halogens is 7. The number of carbonyl (C=O) groups excluding carboxylic acids is 3. The van der Waals surface area contributed by atoms with E-state index in [0.29, 0.717) is 36.8 Å². The molecule has 3 heterocycles. The highest BCUT2D eigenvalue weighted by Gasteiger charge is 2.65. The minimum atomic E-state index is -4.66. The van der Waals surface area contributed by atoms with Crippen molar-refractivity contribution in [3.63, 3.8) is 0 Å². The van der Waals surface area contributed by atoms with E-state index in [2.05, 4.69) is 26.0 Å². The van der Waals surface area contributed by atoms with Crippen LogP contribution in [0.4, 0.5) is 32.2 Å². The van der Waals surface area contributed by atoms with Crippen molar-refractivity contribution >= 4 is 40.8 Å². The van der Waals surface area contributed by atoms with Crippen molar-refractivity contribution in [2.45, 2.75) is 56.7 Å². The molecular formula is C31H36ClF6N7O5. The molecule has 0 radical (unpaired) electrons. The van der Waals surface area contributed by atoms with Crippen LogP contribution in [0, 0.1) is 0 Å². The van der Waals surface area contributed by atoms with Gasteiger partial charge in [-0.2, -0.15) is 26.9 Å². The Hall–Kier alpha value is -4.03. The van der Waals surface area contributed by atoms with Crippen LogP contribution in [-0.4, -0.2) is 102 Å². The summed E-state index contributed by atoms with van der Waals surface area (Å²) in [5.74, 6) is -6.92. The average molecular weight is 736 g/mol. The Labute approximate surface area is 288 Å². The molecule has 1 saturated carbocycles. The lowest BCUT2D eigenvalue weighted by atomic mass is 9.75. The molecule has 3 aliphatic heterocycles. The number of piperazine rings is 1. The average Bonchev–Trinajstić information content (AvgIpc) is 3.13. The van der Waals surface area contributed by atoms with Gasteiger partial charge in [-0.3, -0.25) is 19.8 Å². The molecule has 0 spiro atoms. The number of carbonyl (C=O) groups is 3. The summed E-state index contributed by atoms with van der Waals surface area (Å²) in [6.45, 7) is 1.22. The number of hydrogen-bond donors (Lipinski definition) is 3. The molecule has 3 N–H and O–H groups in total. The minimum absolute atomic E-state index is 0.0116. The number of alkyl halides is 5. The van der Waals surface area contributed by atoms with Crippen LogP contribution < -0.4 is 16.1 Å². The molecule has 1 aromatic rings. The van der Waals surface area contributed by atoms with Crippen molar-refractivity contribution in [2.24, 2.45) is 4.99 Å². The topological polar surface area (TPSA) is 128 Å². The Morgan fingerprint density at radius 1 is 1.14 bits per heavy atom. The van der Waals surface area contributed by atoms with Gasteiger partial charge in [0.25, 0.3) is 11.8 Å². The number of ether oxygens (including phenoxy) is 1. The van der Waals surface area contributed by atoms with E-state index < -0.39 is 47.5 Å². The van der Waals surface area contributed by atoms with Crippen LogP contribution in [0.2, 0.25) is 5.02 Å². The van der Waals surface area contributed by atoms with E-state index >= 15 is 8.78 Å². The van der Waals surface area contributed by atoms with Crippen LogP contribution in [0.5, 0.6) is 0 Å². The molecule has 1 aromatic carbocycles. The molecule has 3 amide bonds. The molecular weight excluding hydrogens is 700 g/mol. The standard InChI is InChI=1S/C31H36ClF6N7O5/c1-2-22-25(43-10-12-44(13-11-43)28(48)30(33,34)29(50-38)8-3-9-29)27(47)45(42-26(40-18-39-22)19-6-14-49-15-7-19)17-24(46)41-23-5-4-20(16-21(23)32)31(35,36)37/h4-6,16,39H,2-3,7-15,17-18H2,1H3,(H,40,42)(H,41,46)/b25-22+. The van der Waals surface area contributed by atoms with Crippen LogP contribution in [0.25, 0.3) is 0 Å². The third-order valence-corrected chi connectivity index (χ3v) is 9.34. The van der Waals surface area contributed by atoms with Crippen LogP contribution in [0.1, 0.15) is 44.6 Å². The second-order valence-corrected chi connectivity index (χ2v) is 12.5. The summed E-state index contributed by atoms with van der Waals surface area (Å²) < 4.78 is 88.3. The van der Waals surface area contributed by atoms with Gasteiger partial charge in [0.05, 0.1) is 29.5 Å². The number of nitrogens with one attached hydrogen (secondary N) is 3. The first-order valence-electron chi connectivity index (χ1n) is 16.0. The summed E-state index contributed by atoms with van der Waals surface area (Å²) >= 11 is 6.04. The Morgan fingerprint density at radius 3 is 2.42 bits per heavy atom. The molecule has 274 valence electrons. The minimum Gasteiger partial charge on any atom is -0.377 e. The van der Waals surface area contributed by atoms with E-state index in [0.717, 1.165) is 22.0 Å². The van der Waals surface area contributed by atoms with Gasteiger partial charge in [-0.15, -0.1) is 0 Å². The van der Waals surface area contributed by atoms with E-state index in [9.17, 15) is 32.1 Å². The predicted molar refractivity (Wildman–Crippen MR) is 168 cm³/mol. The van der Waals surface area contributed by atoms with Crippen molar-refractivity contribution < 1.29 is 50.5 Å². The maximum Gasteiger partial charge on any atom is 0.416 e. The molecule has 1 saturated heterocycles. The SMILES string of the molecule is CC/C1=C(\N2CCN(C(=O)C(F)(F)C3(OF)CCC3)CC2)C(=O)N(CC(=O)Nc2ccc(C(F)(F)F)cc2Cl)N/C(C2=CCOCC2)=N\CN1. The lowest BCUT2D eigenvalue weighted by Crippen LogP contribution is -2.64. The fraction of sp³-hybridized carbons (Fsp3) is 0.548. The van der Waals surface area contributed by atoms with Gasteiger partial charge in [-0.05, 0) is 60.4 Å². The monoisotopic (exact) mass is 735 g/mol. The lowest BCUT2D eigenvalue weighted by molar-refractivity contribution is -0.331. The Morgan fingerprint density at radius 2 is 1.86 bits per heavy atom. The molecule has 0 unspecified atom stereocenters. The maximum absolute atomic E-state index is 15.1. The number of rotatable bonds is 9. The Balaban J connectivity index is 1.38. The van der Waals surface area contributed by atoms with Crippen LogP contribution in [-0.2, 0) is 30.2 Å². The van der Waals surface area contributed by atoms with Crippen molar-refractivity contribution in [2.75, 3.05) is 57.9 Å². The van der Waals surface area contributed by atoms with E-state index in [1.807, 2.05) is 0 Å². The first-order valence-corrected chi connectivity index (χ1v) is 16.3. The van der Waals surface area contributed by atoms with Gasteiger partial charge >= 0.3 is 12.1 Å². The summed E-state index contributed by atoms with van der Waals surface area (Å²) in [6, 6.07) is 2.42.